The van der Waals surface area contributed by atoms with Crippen LogP contribution in [0, 0.1) is 12.8 Å². The summed E-state index contributed by atoms with van der Waals surface area (Å²) >= 11 is 1.38. The molecule has 1 amide bonds. The second-order valence-corrected chi connectivity index (χ2v) is 8.27. The minimum atomic E-state index is -0.455. The maximum atomic E-state index is 12.7. The van der Waals surface area contributed by atoms with Gasteiger partial charge in [0.25, 0.3) is 5.91 Å². The number of hydrogen-bond acceptors (Lipinski definition) is 6. The molecule has 28 heavy (non-hydrogen) atoms. The molecule has 0 bridgehead atoms. The molecule has 1 fully saturated rings. The minimum Gasteiger partial charge on any atom is -0.497 e. The fourth-order valence-corrected chi connectivity index (χ4v) is 4.60. The number of nitrogens with one attached hydrogen (secondary N) is 1. The molecule has 1 saturated carbocycles. The molecule has 1 aromatic carbocycles. The van der Waals surface area contributed by atoms with Gasteiger partial charge >= 0.3 is 0 Å². The SMILES string of the molecule is COc1ccc(-c2nc(NC(=O)C3=COC4CCCCC4C3=O)sc2C)cc1. The van der Waals surface area contributed by atoms with Gasteiger partial charge in [-0.25, -0.2) is 4.98 Å². The third-order valence-corrected chi connectivity index (χ3v) is 6.18. The van der Waals surface area contributed by atoms with E-state index in [-0.39, 0.29) is 23.4 Å². The number of benzene rings is 1. The van der Waals surface area contributed by atoms with Gasteiger partial charge in [-0.3, -0.25) is 14.9 Å². The maximum Gasteiger partial charge on any atom is 0.264 e. The number of thiazole rings is 1. The van der Waals surface area contributed by atoms with Crippen LogP contribution in [0.1, 0.15) is 30.6 Å². The zero-order valence-electron chi connectivity index (χ0n) is 15.9. The van der Waals surface area contributed by atoms with Crippen molar-refractivity contribution in [2.24, 2.45) is 5.92 Å². The van der Waals surface area contributed by atoms with E-state index in [1.54, 1.807) is 7.11 Å². The van der Waals surface area contributed by atoms with Gasteiger partial charge in [0.1, 0.15) is 17.4 Å². The Morgan fingerprint density at radius 1 is 1.25 bits per heavy atom. The van der Waals surface area contributed by atoms with Gasteiger partial charge in [0.15, 0.2) is 10.9 Å². The van der Waals surface area contributed by atoms with Gasteiger partial charge in [0, 0.05) is 10.4 Å². The van der Waals surface area contributed by atoms with E-state index in [9.17, 15) is 9.59 Å². The Kier molecular flexibility index (Phi) is 5.17. The molecule has 4 rings (SSSR count). The van der Waals surface area contributed by atoms with Crippen molar-refractivity contribution in [3.8, 4) is 17.0 Å². The van der Waals surface area contributed by atoms with Gasteiger partial charge in [0.05, 0.1) is 25.0 Å². The van der Waals surface area contributed by atoms with E-state index in [2.05, 4.69) is 10.3 Å². The zero-order valence-corrected chi connectivity index (χ0v) is 16.7. The van der Waals surface area contributed by atoms with E-state index in [1.807, 2.05) is 31.2 Å². The number of methoxy groups -OCH3 is 1. The molecular formula is C21H22N2O4S. The van der Waals surface area contributed by atoms with Gasteiger partial charge in [0.2, 0.25) is 0 Å². The molecule has 1 aliphatic carbocycles. The number of hydrogen-bond donors (Lipinski definition) is 1. The van der Waals surface area contributed by atoms with Crippen LogP contribution in [0.2, 0.25) is 0 Å². The molecule has 2 unspecified atom stereocenters. The predicted molar refractivity (Wildman–Crippen MR) is 107 cm³/mol. The summed E-state index contributed by atoms with van der Waals surface area (Å²) in [6.07, 6.45) is 4.97. The van der Waals surface area contributed by atoms with Crippen molar-refractivity contribution in [3.63, 3.8) is 0 Å². The molecular weight excluding hydrogens is 376 g/mol. The van der Waals surface area contributed by atoms with E-state index in [4.69, 9.17) is 9.47 Å². The lowest BCUT2D eigenvalue weighted by Gasteiger charge is -2.33. The number of aryl methyl sites for hydroxylation is 1. The first-order valence-corrected chi connectivity index (χ1v) is 10.2. The van der Waals surface area contributed by atoms with Crippen molar-refractivity contribution in [1.29, 1.82) is 0 Å². The lowest BCUT2D eigenvalue weighted by Crippen LogP contribution is -2.39. The Hall–Kier alpha value is -2.67. The quantitative estimate of drug-likeness (QED) is 0.785. The molecule has 0 radical (unpaired) electrons. The Morgan fingerprint density at radius 3 is 2.75 bits per heavy atom. The molecule has 0 saturated heterocycles. The normalized spacial score (nSPS) is 21.4. The summed E-state index contributed by atoms with van der Waals surface area (Å²) in [6, 6.07) is 7.60. The first-order chi connectivity index (χ1) is 13.6. The molecule has 1 N–H and O–H groups in total. The molecule has 0 spiro atoms. The first-order valence-electron chi connectivity index (χ1n) is 9.40. The predicted octanol–water partition coefficient (Wildman–Crippen LogP) is 4.11. The molecule has 1 aliphatic heterocycles. The fourth-order valence-electron chi connectivity index (χ4n) is 3.77. The second kappa shape index (κ2) is 7.75. The number of fused-ring (bicyclic) bond motifs is 1. The topological polar surface area (TPSA) is 77.5 Å². The molecule has 146 valence electrons. The van der Waals surface area contributed by atoms with Crippen LogP contribution >= 0.6 is 11.3 Å². The van der Waals surface area contributed by atoms with Crippen molar-refractivity contribution < 1.29 is 19.1 Å². The number of ketones is 1. The number of amides is 1. The van der Waals surface area contributed by atoms with E-state index in [1.165, 1.54) is 17.6 Å². The van der Waals surface area contributed by atoms with Crippen molar-refractivity contribution in [3.05, 3.63) is 41.0 Å². The average Bonchev–Trinajstić information content (AvgIpc) is 3.08. The van der Waals surface area contributed by atoms with Gasteiger partial charge in [-0.05, 0) is 50.5 Å². The maximum absolute atomic E-state index is 12.7. The molecule has 7 heteroatoms. The lowest BCUT2D eigenvalue weighted by atomic mass is 9.80. The Labute approximate surface area is 167 Å². The van der Waals surface area contributed by atoms with Crippen molar-refractivity contribution in [2.45, 2.75) is 38.7 Å². The highest BCUT2D eigenvalue weighted by Crippen LogP contribution is 2.34. The van der Waals surface area contributed by atoms with Gasteiger partial charge in [-0.1, -0.05) is 6.42 Å². The van der Waals surface area contributed by atoms with Crippen LogP contribution in [0.4, 0.5) is 5.13 Å². The van der Waals surface area contributed by atoms with Crippen LogP contribution in [0.15, 0.2) is 36.1 Å². The lowest BCUT2D eigenvalue weighted by molar-refractivity contribution is -0.129. The molecule has 2 aromatic rings. The number of Topliss-reactive ketones (excluding diaryl/α,β-unsaturated/α-hetero) is 1. The van der Waals surface area contributed by atoms with Gasteiger partial charge in [-0.2, -0.15) is 0 Å². The van der Waals surface area contributed by atoms with Crippen LogP contribution in [-0.4, -0.2) is 29.9 Å². The van der Waals surface area contributed by atoms with E-state index in [0.29, 0.717) is 5.13 Å². The summed E-state index contributed by atoms with van der Waals surface area (Å²) in [7, 11) is 1.62. The highest BCUT2D eigenvalue weighted by Gasteiger charge is 2.39. The minimum absolute atomic E-state index is 0.0819. The third-order valence-electron chi connectivity index (χ3n) is 5.29. The molecule has 1 aromatic heterocycles. The monoisotopic (exact) mass is 398 g/mol. The summed E-state index contributed by atoms with van der Waals surface area (Å²) < 4.78 is 10.9. The number of carbonyl (C=O) groups excluding carboxylic acids is 2. The van der Waals surface area contributed by atoms with Gasteiger partial charge < -0.3 is 9.47 Å². The highest BCUT2D eigenvalue weighted by atomic mass is 32.1. The van der Waals surface area contributed by atoms with E-state index < -0.39 is 5.91 Å². The molecule has 2 heterocycles. The molecule has 2 atom stereocenters. The summed E-state index contributed by atoms with van der Waals surface area (Å²) in [5, 5.41) is 3.23. The van der Waals surface area contributed by atoms with E-state index in [0.717, 1.165) is 47.6 Å². The number of anilines is 1. The largest absolute Gasteiger partial charge is 0.497 e. The van der Waals surface area contributed by atoms with Crippen LogP contribution in [0.5, 0.6) is 5.75 Å². The van der Waals surface area contributed by atoms with Crippen LogP contribution in [0.3, 0.4) is 0 Å². The van der Waals surface area contributed by atoms with Crippen molar-refractivity contribution in [1.82, 2.24) is 4.98 Å². The summed E-state index contributed by atoms with van der Waals surface area (Å²) in [5.74, 6) is 0.00229. The standard InChI is InChI=1S/C21H22N2O4S/c1-12-18(13-7-9-14(26-2)10-8-13)22-21(28-12)23-20(25)16-11-27-17-6-4-3-5-15(17)19(16)24/h7-11,15,17H,3-6H2,1-2H3,(H,22,23,25). The number of nitrogens with zero attached hydrogens (tertiary/aromatic N) is 1. The number of aromatic nitrogens is 1. The summed E-state index contributed by atoms with van der Waals surface area (Å²) in [5.41, 5.74) is 1.83. The number of rotatable bonds is 4. The smallest absolute Gasteiger partial charge is 0.264 e. The summed E-state index contributed by atoms with van der Waals surface area (Å²) in [4.78, 5) is 30.9. The number of ether oxygens (including phenoxy) is 2. The van der Waals surface area contributed by atoms with Gasteiger partial charge in [-0.15, -0.1) is 11.3 Å². The average molecular weight is 398 g/mol. The number of carbonyl (C=O) groups is 2. The van der Waals surface area contributed by atoms with Crippen LogP contribution in [0.25, 0.3) is 11.3 Å². The Bertz CT molecular complexity index is 932. The third kappa shape index (κ3) is 3.54. The first kappa shape index (κ1) is 18.7. The second-order valence-electron chi connectivity index (χ2n) is 7.07. The summed E-state index contributed by atoms with van der Waals surface area (Å²) in [6.45, 7) is 1.95. The molecule has 6 nitrogen and oxygen atoms in total. The fraction of sp³-hybridized carbons (Fsp3) is 0.381. The van der Waals surface area contributed by atoms with Crippen LogP contribution < -0.4 is 10.1 Å². The zero-order chi connectivity index (χ0) is 19.7. The Balaban J connectivity index is 1.50. The van der Waals surface area contributed by atoms with E-state index >= 15 is 0 Å². The van der Waals surface area contributed by atoms with Crippen LogP contribution in [-0.2, 0) is 14.3 Å². The Morgan fingerprint density at radius 2 is 2.00 bits per heavy atom. The van der Waals surface area contributed by atoms with Crippen molar-refractivity contribution in [2.75, 3.05) is 12.4 Å². The highest BCUT2D eigenvalue weighted by molar-refractivity contribution is 7.16. The van der Waals surface area contributed by atoms with Crippen molar-refractivity contribution >= 4 is 28.2 Å². The molecule has 2 aliphatic rings.